The van der Waals surface area contributed by atoms with Crippen LogP contribution in [0.4, 0.5) is 13.2 Å². The number of Topliss-reactive ketones (excluding diaryl/α,β-unsaturated/α-hetero) is 1. The topological polar surface area (TPSA) is 41.1 Å². The van der Waals surface area contributed by atoms with Crippen molar-refractivity contribution in [3.05, 3.63) is 0 Å². The van der Waals surface area contributed by atoms with Gasteiger partial charge in [0, 0.05) is 17.5 Å². The van der Waals surface area contributed by atoms with E-state index in [1.807, 2.05) is 0 Å². The highest BCUT2D eigenvalue weighted by molar-refractivity contribution is 5.89. The molecule has 6 heteroatoms. The molecule has 4 unspecified atom stereocenters. The van der Waals surface area contributed by atoms with Gasteiger partial charge in [-0.3, -0.25) is 4.79 Å². The Bertz CT molecular complexity index is 322. The number of hydrogen-bond donors (Lipinski definition) is 2. The van der Waals surface area contributed by atoms with E-state index in [0.717, 1.165) is 0 Å². The molecular formula is C12H21F3N2O. The third-order valence-electron chi connectivity index (χ3n) is 3.26. The number of rotatable bonds is 1. The first kappa shape index (κ1) is 15.4. The highest BCUT2D eigenvalue weighted by atomic mass is 19.4. The standard InChI is InChI=1S/C12H21F3N2O/c1-6-8(10(18)11(3,4)5)16-7(2)9(17-6)12(13,14)15/h6-9,16-17H,1-5H3. The number of hydrogen-bond acceptors (Lipinski definition) is 3. The Morgan fingerprint density at radius 3 is 1.89 bits per heavy atom. The van der Waals surface area contributed by atoms with Gasteiger partial charge in [-0.15, -0.1) is 0 Å². The molecule has 1 fully saturated rings. The molecular weight excluding hydrogens is 245 g/mol. The van der Waals surface area contributed by atoms with E-state index < -0.39 is 35.8 Å². The first-order valence-electron chi connectivity index (χ1n) is 6.07. The summed E-state index contributed by atoms with van der Waals surface area (Å²) in [5.74, 6) is -0.0741. The first-order valence-corrected chi connectivity index (χ1v) is 6.07. The minimum absolute atomic E-state index is 0.0741. The normalized spacial score (nSPS) is 34.4. The third-order valence-corrected chi connectivity index (χ3v) is 3.26. The first-order chi connectivity index (χ1) is 7.94. The minimum Gasteiger partial charge on any atom is -0.302 e. The Balaban J connectivity index is 2.84. The van der Waals surface area contributed by atoms with E-state index in [2.05, 4.69) is 10.6 Å². The van der Waals surface area contributed by atoms with Gasteiger partial charge in [-0.2, -0.15) is 13.2 Å². The van der Waals surface area contributed by atoms with Crippen LogP contribution in [-0.2, 0) is 4.79 Å². The maximum absolute atomic E-state index is 12.7. The molecule has 0 bridgehead atoms. The van der Waals surface area contributed by atoms with E-state index in [-0.39, 0.29) is 5.78 Å². The van der Waals surface area contributed by atoms with Crippen LogP contribution >= 0.6 is 0 Å². The van der Waals surface area contributed by atoms with Crippen molar-refractivity contribution in [3.63, 3.8) is 0 Å². The highest BCUT2D eigenvalue weighted by Crippen LogP contribution is 2.28. The lowest BCUT2D eigenvalue weighted by molar-refractivity contribution is -0.171. The number of piperazine rings is 1. The van der Waals surface area contributed by atoms with Crippen LogP contribution in [0.15, 0.2) is 0 Å². The Hall–Kier alpha value is -0.620. The second kappa shape index (κ2) is 4.81. The average molecular weight is 266 g/mol. The van der Waals surface area contributed by atoms with Crippen molar-refractivity contribution in [2.45, 2.75) is 65.0 Å². The van der Waals surface area contributed by atoms with E-state index in [9.17, 15) is 18.0 Å². The lowest BCUT2D eigenvalue weighted by atomic mass is 9.82. The number of carbonyl (C=O) groups is 1. The van der Waals surface area contributed by atoms with Crippen molar-refractivity contribution >= 4 is 5.78 Å². The second-order valence-electron chi connectivity index (χ2n) is 6.02. The number of carbonyl (C=O) groups excluding carboxylic acids is 1. The monoisotopic (exact) mass is 266 g/mol. The number of halogens is 3. The Kier molecular flexibility index (Phi) is 4.13. The summed E-state index contributed by atoms with van der Waals surface area (Å²) >= 11 is 0. The molecule has 106 valence electrons. The van der Waals surface area contributed by atoms with Gasteiger partial charge in [0.2, 0.25) is 0 Å². The van der Waals surface area contributed by atoms with Crippen LogP contribution in [0.5, 0.6) is 0 Å². The third kappa shape index (κ3) is 3.23. The van der Waals surface area contributed by atoms with Crippen LogP contribution in [0.25, 0.3) is 0 Å². The van der Waals surface area contributed by atoms with E-state index >= 15 is 0 Å². The van der Waals surface area contributed by atoms with Crippen LogP contribution in [0.3, 0.4) is 0 Å². The molecule has 0 radical (unpaired) electrons. The Morgan fingerprint density at radius 1 is 1.00 bits per heavy atom. The summed E-state index contributed by atoms with van der Waals surface area (Å²) in [7, 11) is 0. The van der Waals surface area contributed by atoms with E-state index in [0.29, 0.717) is 0 Å². The van der Waals surface area contributed by atoms with Gasteiger partial charge in [-0.1, -0.05) is 20.8 Å². The van der Waals surface area contributed by atoms with Crippen LogP contribution in [0.2, 0.25) is 0 Å². The van der Waals surface area contributed by atoms with Crippen molar-refractivity contribution in [1.82, 2.24) is 10.6 Å². The number of ketones is 1. The zero-order valence-corrected chi connectivity index (χ0v) is 11.4. The molecule has 2 N–H and O–H groups in total. The highest BCUT2D eigenvalue weighted by Gasteiger charge is 2.49. The molecule has 18 heavy (non-hydrogen) atoms. The fourth-order valence-electron chi connectivity index (χ4n) is 2.19. The quantitative estimate of drug-likeness (QED) is 0.761. The molecule has 1 aliphatic rings. The fourth-order valence-corrected chi connectivity index (χ4v) is 2.19. The van der Waals surface area contributed by atoms with Crippen LogP contribution in [-0.4, -0.2) is 36.1 Å². The van der Waals surface area contributed by atoms with Gasteiger partial charge in [0.05, 0.1) is 6.04 Å². The summed E-state index contributed by atoms with van der Waals surface area (Å²) in [4.78, 5) is 12.1. The summed E-state index contributed by atoms with van der Waals surface area (Å²) in [6, 6.07) is -3.56. The van der Waals surface area contributed by atoms with E-state index in [1.54, 1.807) is 27.7 Å². The summed E-state index contributed by atoms with van der Waals surface area (Å²) in [5.41, 5.74) is -0.571. The Labute approximate surface area is 106 Å². The molecule has 0 spiro atoms. The van der Waals surface area contributed by atoms with Gasteiger partial charge in [-0.25, -0.2) is 0 Å². The summed E-state index contributed by atoms with van der Waals surface area (Å²) in [6.07, 6.45) is -4.31. The van der Waals surface area contributed by atoms with Crippen molar-refractivity contribution < 1.29 is 18.0 Å². The molecule has 0 saturated carbocycles. The van der Waals surface area contributed by atoms with Gasteiger partial charge in [0.25, 0.3) is 0 Å². The van der Waals surface area contributed by atoms with Crippen molar-refractivity contribution in [1.29, 1.82) is 0 Å². The number of nitrogens with one attached hydrogen (secondary N) is 2. The lowest BCUT2D eigenvalue weighted by Crippen LogP contribution is -2.70. The van der Waals surface area contributed by atoms with Crippen molar-refractivity contribution in [3.8, 4) is 0 Å². The molecule has 4 atom stereocenters. The average Bonchev–Trinajstić information content (AvgIpc) is 2.16. The zero-order valence-electron chi connectivity index (χ0n) is 11.4. The van der Waals surface area contributed by atoms with Crippen LogP contribution in [0.1, 0.15) is 34.6 Å². The summed E-state index contributed by atoms with van der Waals surface area (Å²) in [6.45, 7) is 8.35. The summed E-state index contributed by atoms with van der Waals surface area (Å²) in [5, 5.41) is 5.30. The molecule has 1 rings (SSSR count). The van der Waals surface area contributed by atoms with Gasteiger partial charge in [0.15, 0.2) is 5.78 Å². The van der Waals surface area contributed by atoms with Gasteiger partial charge < -0.3 is 10.6 Å². The zero-order chi connectivity index (χ0) is 14.3. The minimum atomic E-state index is -4.31. The molecule has 0 aromatic heterocycles. The molecule has 0 amide bonds. The summed E-state index contributed by atoms with van der Waals surface area (Å²) < 4.78 is 38.2. The predicted molar refractivity (Wildman–Crippen MR) is 63.3 cm³/mol. The molecule has 0 aromatic carbocycles. The maximum Gasteiger partial charge on any atom is 0.405 e. The smallest absolute Gasteiger partial charge is 0.302 e. The Morgan fingerprint density at radius 2 is 1.50 bits per heavy atom. The molecule has 1 saturated heterocycles. The lowest BCUT2D eigenvalue weighted by Gasteiger charge is -2.42. The second-order valence-corrected chi connectivity index (χ2v) is 6.02. The predicted octanol–water partition coefficient (Wildman–Crippen LogP) is 1.87. The largest absolute Gasteiger partial charge is 0.405 e. The fraction of sp³-hybridized carbons (Fsp3) is 0.917. The maximum atomic E-state index is 12.7. The van der Waals surface area contributed by atoms with E-state index in [4.69, 9.17) is 0 Å². The van der Waals surface area contributed by atoms with Crippen molar-refractivity contribution in [2.75, 3.05) is 0 Å². The van der Waals surface area contributed by atoms with Gasteiger partial charge >= 0.3 is 6.18 Å². The molecule has 1 heterocycles. The van der Waals surface area contributed by atoms with Gasteiger partial charge in [-0.05, 0) is 13.8 Å². The van der Waals surface area contributed by atoms with Crippen molar-refractivity contribution in [2.24, 2.45) is 5.41 Å². The molecule has 0 aromatic rings. The van der Waals surface area contributed by atoms with Gasteiger partial charge in [0.1, 0.15) is 6.04 Å². The SMILES string of the molecule is CC1NC(C(F)(F)F)C(C)NC1C(=O)C(C)(C)C. The van der Waals surface area contributed by atoms with Crippen LogP contribution < -0.4 is 10.6 Å². The van der Waals surface area contributed by atoms with E-state index in [1.165, 1.54) is 6.92 Å². The molecule has 3 nitrogen and oxygen atoms in total. The van der Waals surface area contributed by atoms with Crippen LogP contribution in [0, 0.1) is 5.41 Å². The number of alkyl halides is 3. The molecule has 0 aliphatic carbocycles. The molecule has 1 aliphatic heterocycles.